The molecule has 2 aliphatic heterocycles. The second-order valence-corrected chi connectivity index (χ2v) is 9.04. The van der Waals surface area contributed by atoms with Gasteiger partial charge in [0.2, 0.25) is 6.79 Å². The molecule has 1 aromatic heterocycles. The normalized spacial score (nSPS) is 15.8. The quantitative estimate of drug-likeness (QED) is 0.382. The average Bonchev–Trinajstić information content (AvgIpc) is 3.37. The number of fused-ring (bicyclic) bond motifs is 1. The smallest absolute Gasteiger partial charge is 0.270 e. The molecule has 2 aromatic rings. The minimum absolute atomic E-state index is 0.0268. The number of benzene rings is 1. The maximum absolute atomic E-state index is 12.8. The Labute approximate surface area is 200 Å². The zero-order chi connectivity index (χ0) is 23.7. The summed E-state index contributed by atoms with van der Waals surface area (Å²) in [4.78, 5) is 27.5. The number of thiocarbonyl (C=S) groups is 1. The summed E-state index contributed by atoms with van der Waals surface area (Å²) in [6.07, 6.45) is 3.29. The maximum atomic E-state index is 12.8. The second-order valence-electron chi connectivity index (χ2n) is 7.36. The van der Waals surface area contributed by atoms with Crippen LogP contribution in [0.1, 0.15) is 22.3 Å². The second kappa shape index (κ2) is 9.13. The number of aromatic nitrogens is 1. The van der Waals surface area contributed by atoms with Crippen LogP contribution in [0.25, 0.3) is 6.08 Å². The van der Waals surface area contributed by atoms with Crippen molar-refractivity contribution in [2.75, 3.05) is 18.7 Å². The molecule has 1 N–H and O–H groups in total. The molecule has 33 heavy (non-hydrogen) atoms. The van der Waals surface area contributed by atoms with Gasteiger partial charge < -0.3 is 14.8 Å². The highest BCUT2D eigenvalue weighted by atomic mass is 32.2. The molecule has 0 radical (unpaired) electrons. The molecule has 1 saturated heterocycles. The molecule has 0 bridgehead atoms. The number of hydrogen-bond acceptors (Lipinski definition) is 8. The third-order valence-electron chi connectivity index (χ3n) is 5.36. The Morgan fingerprint density at radius 1 is 1.33 bits per heavy atom. The largest absolute Gasteiger partial charge is 0.454 e. The number of nitrogens with one attached hydrogen (secondary N) is 1. The molecule has 1 amide bonds. The molecule has 0 atom stereocenters. The van der Waals surface area contributed by atoms with Gasteiger partial charge in [0.25, 0.3) is 11.5 Å². The third-order valence-corrected chi connectivity index (χ3v) is 6.74. The van der Waals surface area contributed by atoms with Gasteiger partial charge in [-0.3, -0.25) is 19.1 Å². The number of carbonyl (C=O) groups is 1. The summed E-state index contributed by atoms with van der Waals surface area (Å²) in [6.45, 7) is 6.24. The Morgan fingerprint density at radius 3 is 2.82 bits per heavy atom. The number of thioether (sulfide) groups is 1. The summed E-state index contributed by atoms with van der Waals surface area (Å²) in [7, 11) is 1.59. The minimum Gasteiger partial charge on any atom is -0.454 e. The summed E-state index contributed by atoms with van der Waals surface area (Å²) in [5.74, 6) is 1.59. The third kappa shape index (κ3) is 4.13. The van der Waals surface area contributed by atoms with Crippen LogP contribution in [-0.4, -0.2) is 33.0 Å². The summed E-state index contributed by atoms with van der Waals surface area (Å²) in [6, 6.07) is 7.58. The zero-order valence-corrected chi connectivity index (χ0v) is 19.6. The monoisotopic (exact) mass is 480 g/mol. The van der Waals surface area contributed by atoms with Gasteiger partial charge in [0.05, 0.1) is 4.91 Å². The lowest BCUT2D eigenvalue weighted by Gasteiger charge is -2.18. The first-order valence-electron chi connectivity index (χ1n) is 9.98. The van der Waals surface area contributed by atoms with E-state index in [9.17, 15) is 14.9 Å². The lowest BCUT2D eigenvalue weighted by molar-refractivity contribution is -0.121. The van der Waals surface area contributed by atoms with E-state index in [0.29, 0.717) is 50.8 Å². The topological polar surface area (TPSA) is 96.6 Å². The molecule has 3 heterocycles. The van der Waals surface area contributed by atoms with Gasteiger partial charge in [-0.15, -0.1) is 6.58 Å². The number of rotatable bonds is 6. The Kier molecular flexibility index (Phi) is 6.26. The van der Waals surface area contributed by atoms with Crippen molar-refractivity contribution in [2.45, 2.75) is 13.5 Å². The van der Waals surface area contributed by atoms with Crippen molar-refractivity contribution in [3.8, 4) is 17.6 Å². The number of ether oxygens (including phenoxy) is 2. The number of amides is 1. The highest BCUT2D eigenvalue weighted by Crippen LogP contribution is 2.35. The standard InChI is InChI=1S/C23H20N4O4S2/c1-4-7-27-22(29)19(33-23(27)32)9-15-13(2)16(10-24)21(28)26(3)20(15)25-11-14-5-6-17-18(8-14)31-12-30-17/h4-6,8-9,25H,1,7,11-12H2,2-3H3/b19-9+. The summed E-state index contributed by atoms with van der Waals surface area (Å²) < 4.78 is 12.6. The predicted octanol–water partition coefficient (Wildman–Crippen LogP) is 3.29. The number of nitriles is 1. The van der Waals surface area contributed by atoms with Gasteiger partial charge in [-0.05, 0) is 36.3 Å². The summed E-state index contributed by atoms with van der Waals surface area (Å²) >= 11 is 6.50. The lowest BCUT2D eigenvalue weighted by atomic mass is 10.0. The van der Waals surface area contributed by atoms with Gasteiger partial charge in [0.1, 0.15) is 21.8 Å². The summed E-state index contributed by atoms with van der Waals surface area (Å²) in [5, 5.41) is 12.8. The van der Waals surface area contributed by atoms with Crippen LogP contribution < -0.4 is 20.3 Å². The van der Waals surface area contributed by atoms with Gasteiger partial charge in [-0.1, -0.05) is 36.1 Å². The molecule has 1 aromatic carbocycles. The summed E-state index contributed by atoms with van der Waals surface area (Å²) in [5.41, 5.74) is 1.59. The number of hydrogen-bond donors (Lipinski definition) is 1. The fraction of sp³-hybridized carbons (Fsp3) is 0.217. The van der Waals surface area contributed by atoms with E-state index in [0.717, 1.165) is 5.56 Å². The van der Waals surface area contributed by atoms with Crippen LogP contribution in [0.15, 0.2) is 40.6 Å². The van der Waals surface area contributed by atoms with Crippen molar-refractivity contribution in [3.63, 3.8) is 0 Å². The molecule has 0 spiro atoms. The van der Waals surface area contributed by atoms with E-state index in [2.05, 4.69) is 11.9 Å². The van der Waals surface area contributed by atoms with Gasteiger partial charge in [0, 0.05) is 25.7 Å². The van der Waals surface area contributed by atoms with Gasteiger partial charge >= 0.3 is 0 Å². The van der Waals surface area contributed by atoms with Crippen LogP contribution in [0, 0.1) is 18.3 Å². The average molecular weight is 481 g/mol. The van der Waals surface area contributed by atoms with Gasteiger partial charge in [0.15, 0.2) is 11.5 Å². The fourth-order valence-corrected chi connectivity index (χ4v) is 4.86. The van der Waals surface area contributed by atoms with Crippen molar-refractivity contribution >= 4 is 46.1 Å². The van der Waals surface area contributed by atoms with Crippen LogP contribution in [0.3, 0.4) is 0 Å². The zero-order valence-electron chi connectivity index (χ0n) is 18.0. The van der Waals surface area contributed by atoms with E-state index >= 15 is 0 Å². The van der Waals surface area contributed by atoms with E-state index in [1.807, 2.05) is 24.3 Å². The highest BCUT2D eigenvalue weighted by molar-refractivity contribution is 8.26. The predicted molar refractivity (Wildman–Crippen MR) is 131 cm³/mol. The van der Waals surface area contributed by atoms with Crippen LogP contribution in [0.2, 0.25) is 0 Å². The van der Waals surface area contributed by atoms with Gasteiger partial charge in [-0.25, -0.2) is 0 Å². The van der Waals surface area contributed by atoms with Crippen molar-refractivity contribution < 1.29 is 14.3 Å². The fourth-order valence-electron chi connectivity index (χ4n) is 3.60. The van der Waals surface area contributed by atoms with Crippen LogP contribution in [-0.2, 0) is 18.4 Å². The van der Waals surface area contributed by atoms with Crippen LogP contribution >= 0.6 is 24.0 Å². The van der Waals surface area contributed by atoms with Gasteiger partial charge in [-0.2, -0.15) is 5.26 Å². The van der Waals surface area contributed by atoms with E-state index in [-0.39, 0.29) is 18.3 Å². The molecule has 0 saturated carbocycles. The Morgan fingerprint density at radius 2 is 2.09 bits per heavy atom. The minimum atomic E-state index is -0.417. The molecule has 0 aliphatic carbocycles. The molecule has 1 fully saturated rings. The first-order valence-corrected chi connectivity index (χ1v) is 11.2. The first kappa shape index (κ1) is 22.6. The number of carbonyl (C=O) groups excluding carboxylic acids is 1. The molecule has 10 heteroatoms. The number of anilines is 1. The Balaban J connectivity index is 1.75. The van der Waals surface area contributed by atoms with E-state index < -0.39 is 5.56 Å². The number of nitrogens with zero attached hydrogens (tertiary/aromatic N) is 3. The van der Waals surface area contributed by atoms with Crippen molar-refractivity contribution in [1.29, 1.82) is 5.26 Å². The van der Waals surface area contributed by atoms with Crippen LogP contribution in [0.5, 0.6) is 11.5 Å². The maximum Gasteiger partial charge on any atom is 0.270 e. The van der Waals surface area contributed by atoms with E-state index in [1.165, 1.54) is 21.2 Å². The Bertz CT molecular complexity index is 1320. The molecular formula is C23H20N4O4S2. The van der Waals surface area contributed by atoms with E-state index in [4.69, 9.17) is 21.7 Å². The molecule has 2 aliphatic rings. The molecule has 168 valence electrons. The molecular weight excluding hydrogens is 460 g/mol. The van der Waals surface area contributed by atoms with Crippen molar-refractivity contribution in [1.82, 2.24) is 9.47 Å². The Hall–Kier alpha value is -3.55. The molecule has 0 unspecified atom stereocenters. The van der Waals surface area contributed by atoms with Crippen molar-refractivity contribution in [3.05, 3.63) is 68.4 Å². The lowest BCUT2D eigenvalue weighted by Crippen LogP contribution is -2.28. The van der Waals surface area contributed by atoms with Crippen molar-refractivity contribution in [2.24, 2.45) is 7.05 Å². The molecule has 8 nitrogen and oxygen atoms in total. The SMILES string of the molecule is C=CCN1C(=O)/C(=C\c2c(C)c(C#N)c(=O)n(C)c2NCc2ccc3c(c2)OCO3)SC1=S. The highest BCUT2D eigenvalue weighted by Gasteiger charge is 2.32. The molecule has 4 rings (SSSR count). The number of pyridine rings is 1. The first-order chi connectivity index (χ1) is 15.8. The van der Waals surface area contributed by atoms with E-state index in [1.54, 1.807) is 26.1 Å². The van der Waals surface area contributed by atoms with Crippen LogP contribution in [0.4, 0.5) is 5.82 Å².